The van der Waals surface area contributed by atoms with Crippen LogP contribution >= 0.6 is 11.6 Å². The molecule has 0 aliphatic rings. The lowest BCUT2D eigenvalue weighted by Gasteiger charge is -2.18. The number of benzene rings is 2. The van der Waals surface area contributed by atoms with E-state index >= 15 is 0 Å². The molecule has 1 N–H and O–H groups in total. The molecular weight excluding hydrogens is 285 g/mol. The first-order valence-corrected chi connectivity index (χ1v) is 7.78. The minimum absolute atomic E-state index is 0.257. The number of likely N-dealkylation sites (N-methyl/N-ethyl adjacent to an activating group) is 1. The molecule has 2 rings (SSSR count). The molecule has 3 heteroatoms. The second kappa shape index (κ2) is 8.16. The second-order valence-corrected chi connectivity index (χ2v) is 5.54. The van der Waals surface area contributed by atoms with Crippen LogP contribution in [-0.4, -0.2) is 13.1 Å². The van der Waals surface area contributed by atoms with Gasteiger partial charge in [0.2, 0.25) is 0 Å². The van der Waals surface area contributed by atoms with Crippen molar-refractivity contribution in [3.8, 4) is 0 Å². The van der Waals surface area contributed by atoms with Gasteiger partial charge < -0.3 is 5.32 Å². The number of rotatable bonds is 7. The highest BCUT2D eigenvalue weighted by molar-refractivity contribution is 6.31. The molecule has 1 atom stereocenters. The fourth-order valence-corrected chi connectivity index (χ4v) is 2.72. The zero-order chi connectivity index (χ0) is 15.1. The van der Waals surface area contributed by atoms with Crippen molar-refractivity contribution in [2.24, 2.45) is 0 Å². The highest BCUT2D eigenvalue weighted by atomic mass is 35.5. The van der Waals surface area contributed by atoms with Gasteiger partial charge in [-0.15, -0.1) is 0 Å². The summed E-state index contributed by atoms with van der Waals surface area (Å²) in [6, 6.07) is 15.5. The largest absolute Gasteiger partial charge is 0.316 e. The second-order valence-electron chi connectivity index (χ2n) is 5.17. The van der Waals surface area contributed by atoms with Gasteiger partial charge in [-0.2, -0.15) is 0 Å². The van der Waals surface area contributed by atoms with E-state index in [1.807, 2.05) is 12.1 Å². The number of hydrogen-bond acceptors (Lipinski definition) is 1. The molecule has 1 nitrogen and oxygen atoms in total. The third kappa shape index (κ3) is 4.55. The van der Waals surface area contributed by atoms with Crippen LogP contribution < -0.4 is 5.32 Å². The SMILES string of the molecule is CCNCC(CCc1cccc(F)c1Cl)c1ccccc1. The van der Waals surface area contributed by atoms with E-state index in [0.29, 0.717) is 5.92 Å². The van der Waals surface area contributed by atoms with Crippen molar-refractivity contribution < 1.29 is 4.39 Å². The van der Waals surface area contributed by atoms with Crippen molar-refractivity contribution in [1.82, 2.24) is 5.32 Å². The molecule has 0 fully saturated rings. The van der Waals surface area contributed by atoms with Gasteiger partial charge >= 0.3 is 0 Å². The van der Waals surface area contributed by atoms with Crippen LogP contribution in [0.5, 0.6) is 0 Å². The lowest BCUT2D eigenvalue weighted by atomic mass is 9.92. The van der Waals surface area contributed by atoms with Crippen LogP contribution in [-0.2, 0) is 6.42 Å². The average molecular weight is 306 g/mol. The number of nitrogens with one attached hydrogen (secondary N) is 1. The summed E-state index contributed by atoms with van der Waals surface area (Å²) in [6.45, 7) is 3.98. The van der Waals surface area contributed by atoms with Crippen LogP contribution in [0.1, 0.15) is 30.4 Å². The van der Waals surface area contributed by atoms with Crippen LogP contribution in [0.25, 0.3) is 0 Å². The van der Waals surface area contributed by atoms with Crippen LogP contribution in [0.4, 0.5) is 4.39 Å². The summed E-state index contributed by atoms with van der Waals surface area (Å²) in [5.74, 6) is 0.0718. The monoisotopic (exact) mass is 305 g/mol. The first-order valence-electron chi connectivity index (χ1n) is 7.41. The zero-order valence-electron chi connectivity index (χ0n) is 12.3. The van der Waals surface area contributed by atoms with Crippen LogP contribution in [0.15, 0.2) is 48.5 Å². The summed E-state index contributed by atoms with van der Waals surface area (Å²) >= 11 is 6.04. The summed E-state index contributed by atoms with van der Waals surface area (Å²) in [4.78, 5) is 0. The van der Waals surface area contributed by atoms with Gasteiger partial charge in [0.1, 0.15) is 5.82 Å². The fraction of sp³-hybridized carbons (Fsp3) is 0.333. The van der Waals surface area contributed by atoms with Gasteiger partial charge in [-0.1, -0.05) is 61.0 Å². The van der Waals surface area contributed by atoms with Crippen molar-refractivity contribution in [1.29, 1.82) is 0 Å². The van der Waals surface area contributed by atoms with Crippen molar-refractivity contribution in [3.05, 3.63) is 70.5 Å². The number of aryl methyl sites for hydroxylation is 1. The smallest absolute Gasteiger partial charge is 0.142 e. The minimum Gasteiger partial charge on any atom is -0.316 e. The standard InChI is InChI=1S/C18H21ClFN/c1-2-21-13-16(14-7-4-3-5-8-14)12-11-15-9-6-10-17(20)18(15)19/h3-10,16,21H,2,11-13H2,1H3. The molecule has 0 spiro atoms. The predicted octanol–water partition coefficient (Wildman–Crippen LogP) is 4.81. The summed E-state index contributed by atoms with van der Waals surface area (Å²) in [7, 11) is 0. The van der Waals surface area contributed by atoms with Gasteiger partial charge in [0.05, 0.1) is 5.02 Å². The Hall–Kier alpha value is -1.38. The minimum atomic E-state index is -0.336. The molecule has 0 heterocycles. The van der Waals surface area contributed by atoms with Crippen molar-refractivity contribution in [3.63, 3.8) is 0 Å². The quantitative estimate of drug-likeness (QED) is 0.774. The summed E-state index contributed by atoms with van der Waals surface area (Å²) < 4.78 is 13.5. The lowest BCUT2D eigenvalue weighted by Crippen LogP contribution is -2.21. The molecule has 0 aliphatic carbocycles. The number of hydrogen-bond donors (Lipinski definition) is 1. The number of halogens is 2. The van der Waals surface area contributed by atoms with E-state index in [1.165, 1.54) is 11.6 Å². The Balaban J connectivity index is 2.07. The van der Waals surface area contributed by atoms with Crippen molar-refractivity contribution >= 4 is 11.6 Å². The first-order chi connectivity index (χ1) is 10.2. The molecule has 0 saturated heterocycles. The lowest BCUT2D eigenvalue weighted by molar-refractivity contribution is 0.560. The van der Waals surface area contributed by atoms with E-state index in [-0.39, 0.29) is 10.8 Å². The van der Waals surface area contributed by atoms with E-state index in [2.05, 4.69) is 36.5 Å². The zero-order valence-corrected chi connectivity index (χ0v) is 13.0. The van der Waals surface area contributed by atoms with Crippen molar-refractivity contribution in [2.45, 2.75) is 25.7 Å². The molecule has 0 aromatic heterocycles. The molecule has 112 valence electrons. The van der Waals surface area contributed by atoms with Gasteiger partial charge in [-0.3, -0.25) is 0 Å². The Morgan fingerprint density at radius 2 is 1.86 bits per heavy atom. The Labute approximate surface area is 131 Å². The Morgan fingerprint density at radius 1 is 1.10 bits per heavy atom. The van der Waals surface area contributed by atoms with Gasteiger partial charge in [-0.05, 0) is 42.5 Å². The third-order valence-corrected chi connectivity index (χ3v) is 4.13. The highest BCUT2D eigenvalue weighted by Crippen LogP contribution is 2.25. The maximum Gasteiger partial charge on any atom is 0.142 e. The molecule has 0 radical (unpaired) electrons. The van der Waals surface area contributed by atoms with E-state index in [0.717, 1.165) is 31.5 Å². The first kappa shape index (κ1) is 16.0. The topological polar surface area (TPSA) is 12.0 Å². The Kier molecular flexibility index (Phi) is 6.21. The maximum atomic E-state index is 13.5. The van der Waals surface area contributed by atoms with Crippen LogP contribution in [0, 0.1) is 5.82 Å². The molecule has 2 aromatic carbocycles. The molecule has 21 heavy (non-hydrogen) atoms. The summed E-state index contributed by atoms with van der Waals surface area (Å²) in [6.07, 6.45) is 1.72. The summed E-state index contributed by atoms with van der Waals surface area (Å²) in [5, 5.41) is 3.66. The molecule has 0 aliphatic heterocycles. The van der Waals surface area contributed by atoms with E-state index in [9.17, 15) is 4.39 Å². The van der Waals surface area contributed by atoms with E-state index < -0.39 is 0 Å². The average Bonchev–Trinajstić information content (AvgIpc) is 2.52. The van der Waals surface area contributed by atoms with Gasteiger partial charge in [0.15, 0.2) is 0 Å². The highest BCUT2D eigenvalue weighted by Gasteiger charge is 2.13. The molecule has 0 saturated carbocycles. The molecule has 0 amide bonds. The van der Waals surface area contributed by atoms with Gasteiger partial charge in [0, 0.05) is 6.54 Å². The fourth-order valence-electron chi connectivity index (χ4n) is 2.50. The van der Waals surface area contributed by atoms with E-state index in [4.69, 9.17) is 11.6 Å². The van der Waals surface area contributed by atoms with Crippen LogP contribution in [0.2, 0.25) is 5.02 Å². The third-order valence-electron chi connectivity index (χ3n) is 3.71. The van der Waals surface area contributed by atoms with E-state index in [1.54, 1.807) is 6.07 Å². The molecule has 1 unspecified atom stereocenters. The van der Waals surface area contributed by atoms with Gasteiger partial charge in [-0.25, -0.2) is 4.39 Å². The maximum absolute atomic E-state index is 13.5. The molecular formula is C18H21ClFN. The Morgan fingerprint density at radius 3 is 2.57 bits per heavy atom. The van der Waals surface area contributed by atoms with Crippen LogP contribution in [0.3, 0.4) is 0 Å². The predicted molar refractivity (Wildman–Crippen MR) is 87.5 cm³/mol. The molecule has 0 bridgehead atoms. The Bertz CT molecular complexity index is 556. The summed E-state index contributed by atoms with van der Waals surface area (Å²) in [5.41, 5.74) is 2.19. The molecule has 2 aromatic rings. The van der Waals surface area contributed by atoms with Gasteiger partial charge in [0.25, 0.3) is 0 Å². The normalized spacial score (nSPS) is 12.3. The van der Waals surface area contributed by atoms with Crippen molar-refractivity contribution in [2.75, 3.05) is 13.1 Å².